The van der Waals surface area contributed by atoms with E-state index < -0.39 is 11.2 Å². The number of hydrogen-bond donors (Lipinski definition) is 0. The molecule has 2 saturated heterocycles. The van der Waals surface area contributed by atoms with Crippen molar-refractivity contribution < 1.29 is 11.2 Å². The average molecular weight is 1020 g/mol. The molecule has 4 aromatic carbocycles. The fraction of sp³-hybridized carbons (Fsp3) is 0.557. The van der Waals surface area contributed by atoms with Gasteiger partial charge in [0.05, 0.1) is 0 Å². The summed E-state index contributed by atoms with van der Waals surface area (Å²) in [6, 6.07) is 34.9. The number of fused-ring (bicyclic) bond motifs is 1. The molecule has 358 valence electrons. The van der Waals surface area contributed by atoms with Gasteiger partial charge in [-0.25, -0.2) is 0 Å². The second-order valence-electron chi connectivity index (χ2n) is 24.0. The molecule has 3 aliphatic carbocycles. The molecule has 0 amide bonds. The van der Waals surface area contributed by atoms with Gasteiger partial charge in [0.25, 0.3) is 0 Å². The van der Waals surface area contributed by atoms with Gasteiger partial charge in [-0.05, 0) is 0 Å². The van der Waals surface area contributed by atoms with Gasteiger partial charge in [-0.3, -0.25) is 0 Å². The maximum absolute atomic E-state index is 10.2. The number of nitrogens with zero attached hydrogens (tertiary/aromatic N) is 2. The average Bonchev–Trinajstić information content (AvgIpc) is 3.86. The van der Waals surface area contributed by atoms with Gasteiger partial charge in [0.1, 0.15) is 0 Å². The number of hydrogen-bond acceptors (Lipinski definition) is 2. The Morgan fingerprint density at radius 3 is 1.21 bits per heavy atom. The summed E-state index contributed by atoms with van der Waals surface area (Å²) in [5.41, 5.74) is 13.1. The normalized spacial score (nSPS) is 23.9. The van der Waals surface area contributed by atoms with Crippen LogP contribution < -0.4 is 9.80 Å². The molecular weight excluding hydrogens is 933 g/mol. The van der Waals surface area contributed by atoms with Crippen molar-refractivity contribution in [3.05, 3.63) is 136 Å². The summed E-state index contributed by atoms with van der Waals surface area (Å²) in [4.78, 5) is 6.05. The van der Waals surface area contributed by atoms with Gasteiger partial charge >= 0.3 is 412 Å². The van der Waals surface area contributed by atoms with Crippen molar-refractivity contribution in [2.45, 2.75) is 204 Å². The first-order chi connectivity index (χ1) is 31.2. The van der Waals surface area contributed by atoms with Crippen LogP contribution in [0, 0.1) is 10.8 Å². The Morgan fingerprint density at radius 2 is 0.833 bits per heavy atom. The first-order valence-corrected chi connectivity index (χ1v) is 33.3. The molecule has 5 aliphatic rings. The summed E-state index contributed by atoms with van der Waals surface area (Å²) in [5, 5.41) is 0. The second kappa shape index (κ2) is 17.3. The van der Waals surface area contributed by atoms with Crippen molar-refractivity contribution in [1.29, 1.82) is 0 Å². The van der Waals surface area contributed by atoms with Crippen LogP contribution in [0.4, 0.5) is 11.4 Å². The van der Waals surface area contributed by atoms with Crippen molar-refractivity contribution in [3.63, 3.8) is 0 Å². The van der Waals surface area contributed by atoms with Crippen LogP contribution in [0.3, 0.4) is 0 Å². The Balaban J connectivity index is 1.55. The summed E-state index contributed by atoms with van der Waals surface area (Å²) in [7, 11) is 20.4. The molecule has 9 rings (SSSR count). The predicted octanol–water partition coefficient (Wildman–Crippen LogP) is 18.1. The molecule has 0 radical (unpaired) electrons. The molecule has 0 N–H and O–H groups in total. The molecule has 2 spiro atoms. The monoisotopic (exact) mass is 1010 g/mol. The van der Waals surface area contributed by atoms with Gasteiger partial charge in [0, 0.05) is 0 Å². The van der Waals surface area contributed by atoms with E-state index in [2.05, 4.69) is 190 Å². The fourth-order valence-electron chi connectivity index (χ4n) is 14.7. The van der Waals surface area contributed by atoms with E-state index >= 15 is 0 Å². The number of para-hydroxylation sites is 2. The van der Waals surface area contributed by atoms with Crippen LogP contribution in [-0.2, 0) is 11.2 Å². The van der Waals surface area contributed by atoms with E-state index in [4.69, 9.17) is 0 Å². The summed E-state index contributed by atoms with van der Waals surface area (Å²) in [5.74, 6) is 1.34. The van der Waals surface area contributed by atoms with Crippen LogP contribution in [0.2, 0.25) is 0 Å². The molecule has 66 heavy (non-hydrogen) atoms. The Kier molecular flexibility index (Phi) is 12.7. The summed E-state index contributed by atoms with van der Waals surface area (Å²) in [6.45, 7) is 29.6. The molecule has 5 heteroatoms. The number of anilines is 2. The molecule has 2 atom stereocenters. The quantitative estimate of drug-likeness (QED) is 0.154. The number of allylic oxidation sites excluding steroid dienone is 1. The van der Waals surface area contributed by atoms with Crippen molar-refractivity contribution in [3.8, 4) is 0 Å². The van der Waals surface area contributed by atoms with E-state index in [-0.39, 0.29) is 31.2 Å². The third kappa shape index (κ3) is 7.51. The molecule has 4 aromatic rings. The van der Waals surface area contributed by atoms with Crippen LogP contribution in [0.15, 0.2) is 97.1 Å². The standard InChI is InChI=1S/2C23H36N.C15H10.2ClH.Ru/c2*1-17(2)19-11-10-12-20(18(3)4)21(19)24-16-23(15-22(24,5)6)13-8-7-9-14-23;1-2-6-12(7-3-1)15-11-10-13-8-4-5-9-14(13)15;;;/h2*10-12,16-18H,7-9,13-15H2,1-6H3;1-9,11H;2*1H;/q;;;;;+2/p-2. The van der Waals surface area contributed by atoms with E-state index in [1.807, 2.05) is 0 Å². The molecule has 4 fully saturated rings. The Labute approximate surface area is 409 Å². The van der Waals surface area contributed by atoms with Crippen LogP contribution in [0.25, 0.3) is 5.57 Å². The van der Waals surface area contributed by atoms with E-state index in [9.17, 15) is 19.4 Å². The van der Waals surface area contributed by atoms with E-state index in [0.717, 1.165) is 12.8 Å². The first kappa shape index (κ1) is 48.3. The zero-order valence-corrected chi connectivity index (χ0v) is 45.9. The van der Waals surface area contributed by atoms with Crippen LogP contribution in [0.5, 0.6) is 0 Å². The van der Waals surface area contributed by atoms with Crippen molar-refractivity contribution in [1.82, 2.24) is 0 Å². The Morgan fingerprint density at radius 1 is 0.470 bits per heavy atom. The summed E-state index contributed by atoms with van der Waals surface area (Å²) < 4.78 is 1.14. The molecule has 2 unspecified atom stereocenters. The van der Waals surface area contributed by atoms with E-state index in [0.29, 0.717) is 23.7 Å². The second-order valence-corrected chi connectivity index (χ2v) is 38.5. The minimum atomic E-state index is -5.47. The predicted molar refractivity (Wildman–Crippen MR) is 286 cm³/mol. The van der Waals surface area contributed by atoms with E-state index in [1.165, 1.54) is 124 Å². The van der Waals surface area contributed by atoms with Crippen LogP contribution in [-0.4, -0.2) is 24.5 Å². The molecule has 2 aliphatic heterocycles. The van der Waals surface area contributed by atoms with Crippen molar-refractivity contribution in [2.75, 3.05) is 9.80 Å². The number of halogens is 2. The molecule has 2 heterocycles. The molecular formula is C61H82Cl2N2Ru. The van der Waals surface area contributed by atoms with Gasteiger partial charge in [-0.1, -0.05) is 0 Å². The van der Waals surface area contributed by atoms with Crippen LogP contribution in [0.1, 0.15) is 223 Å². The number of benzene rings is 4. The zero-order chi connectivity index (χ0) is 47.2. The van der Waals surface area contributed by atoms with Gasteiger partial charge in [-0.15, -0.1) is 0 Å². The fourth-order valence-corrected chi connectivity index (χ4v) is 33.6. The van der Waals surface area contributed by atoms with Crippen molar-refractivity contribution >= 4 is 40.4 Å². The first-order valence-electron chi connectivity index (χ1n) is 26.0. The summed E-state index contributed by atoms with van der Waals surface area (Å²) >= 11 is -5.47. The van der Waals surface area contributed by atoms with Gasteiger partial charge in [-0.2, -0.15) is 0 Å². The Hall–Kier alpha value is -2.71. The van der Waals surface area contributed by atoms with Gasteiger partial charge < -0.3 is 0 Å². The number of rotatable bonds is 9. The Bertz CT molecular complexity index is 2390. The topological polar surface area (TPSA) is 6.48 Å². The van der Waals surface area contributed by atoms with E-state index in [1.54, 1.807) is 0 Å². The zero-order valence-electron chi connectivity index (χ0n) is 42.7. The molecule has 2 nitrogen and oxygen atoms in total. The van der Waals surface area contributed by atoms with Crippen molar-refractivity contribution in [2.24, 2.45) is 10.8 Å². The summed E-state index contributed by atoms with van der Waals surface area (Å²) in [6.07, 6.45) is 16.9. The maximum atomic E-state index is 10.2. The van der Waals surface area contributed by atoms with Gasteiger partial charge in [0.2, 0.25) is 0 Å². The van der Waals surface area contributed by atoms with Gasteiger partial charge in [0.15, 0.2) is 0 Å². The third-order valence-corrected chi connectivity index (χ3v) is 31.2. The molecule has 0 bridgehead atoms. The molecule has 2 saturated carbocycles. The molecule has 0 aromatic heterocycles. The van der Waals surface area contributed by atoms with Crippen LogP contribution >= 0.6 is 19.4 Å². The third-order valence-electron chi connectivity index (χ3n) is 17.1. The minimum absolute atomic E-state index is 0.0752. The SMILES string of the molecule is CC(C)c1cccc(C(C)C)c1N1[CH]([Ru]([Cl])([Cl])(=[C]2C=C(c3ccccc3)c3ccccc32)[CH]2N(c3c(C(C)C)cccc3C(C)C)C(C)(C)CC23CCCCC3)C2(CCCCC2)CC1(C)C.